The molecule has 1 aromatic heterocycles. The molecule has 0 aromatic carbocycles. The Morgan fingerprint density at radius 3 is 2.85 bits per heavy atom. The summed E-state index contributed by atoms with van der Waals surface area (Å²) in [7, 11) is 0. The van der Waals surface area contributed by atoms with E-state index in [-0.39, 0.29) is 6.10 Å². The summed E-state index contributed by atoms with van der Waals surface area (Å²) in [6.07, 6.45) is 1.16. The van der Waals surface area contributed by atoms with Gasteiger partial charge in [0.15, 0.2) is 0 Å². The standard InChI is InChI=1S/C13H22N4O2S/c1-2-12-14-13(20-15-12)17-5-8-19-11(10-17)9-16-3-6-18-7-4-16/h11H,2-10H2,1H3/t11-/m0/s1. The van der Waals surface area contributed by atoms with Crippen molar-refractivity contribution in [1.82, 2.24) is 14.3 Å². The minimum absolute atomic E-state index is 0.260. The Morgan fingerprint density at radius 2 is 2.10 bits per heavy atom. The Morgan fingerprint density at radius 1 is 1.25 bits per heavy atom. The molecule has 2 fully saturated rings. The molecule has 0 radical (unpaired) electrons. The molecular formula is C13H22N4O2S. The van der Waals surface area contributed by atoms with Crippen molar-refractivity contribution < 1.29 is 9.47 Å². The normalized spacial score (nSPS) is 25.1. The number of aromatic nitrogens is 2. The topological polar surface area (TPSA) is 50.7 Å². The number of aryl methyl sites for hydroxylation is 1. The molecular weight excluding hydrogens is 276 g/mol. The van der Waals surface area contributed by atoms with Crippen molar-refractivity contribution in [3.8, 4) is 0 Å². The monoisotopic (exact) mass is 298 g/mol. The van der Waals surface area contributed by atoms with Gasteiger partial charge in [-0.15, -0.1) is 0 Å². The van der Waals surface area contributed by atoms with Crippen molar-refractivity contribution in [3.05, 3.63) is 5.82 Å². The van der Waals surface area contributed by atoms with Gasteiger partial charge in [-0.05, 0) is 0 Å². The summed E-state index contributed by atoms with van der Waals surface area (Å²) in [5.41, 5.74) is 0. The summed E-state index contributed by atoms with van der Waals surface area (Å²) in [6.45, 7) is 9.38. The molecule has 112 valence electrons. The molecule has 0 spiro atoms. The van der Waals surface area contributed by atoms with Crippen LogP contribution in [0, 0.1) is 0 Å². The zero-order chi connectivity index (χ0) is 13.8. The highest BCUT2D eigenvalue weighted by Crippen LogP contribution is 2.20. The van der Waals surface area contributed by atoms with E-state index in [2.05, 4.69) is 26.1 Å². The van der Waals surface area contributed by atoms with E-state index in [1.165, 1.54) is 11.5 Å². The molecule has 3 rings (SSSR count). The second-order valence-corrected chi connectivity index (χ2v) is 5.93. The van der Waals surface area contributed by atoms with Crippen LogP contribution in [0.4, 0.5) is 5.13 Å². The molecule has 7 heteroatoms. The van der Waals surface area contributed by atoms with Gasteiger partial charge >= 0.3 is 0 Å². The quantitative estimate of drug-likeness (QED) is 0.813. The van der Waals surface area contributed by atoms with Gasteiger partial charge in [-0.3, -0.25) is 4.90 Å². The van der Waals surface area contributed by atoms with Gasteiger partial charge in [0, 0.05) is 50.7 Å². The third kappa shape index (κ3) is 3.46. The number of morpholine rings is 2. The first-order valence-corrected chi connectivity index (χ1v) is 8.11. The third-order valence-electron chi connectivity index (χ3n) is 3.75. The maximum Gasteiger partial charge on any atom is 0.205 e. The Balaban J connectivity index is 1.55. The number of ether oxygens (including phenoxy) is 2. The van der Waals surface area contributed by atoms with Gasteiger partial charge in [0.05, 0.1) is 25.9 Å². The van der Waals surface area contributed by atoms with Crippen LogP contribution in [-0.2, 0) is 15.9 Å². The number of nitrogens with zero attached hydrogens (tertiary/aromatic N) is 4. The van der Waals surface area contributed by atoms with Gasteiger partial charge in [0.1, 0.15) is 5.82 Å². The van der Waals surface area contributed by atoms with Crippen molar-refractivity contribution in [2.24, 2.45) is 0 Å². The first-order valence-electron chi connectivity index (χ1n) is 7.34. The summed E-state index contributed by atoms with van der Waals surface area (Å²) in [5, 5.41) is 1.04. The van der Waals surface area contributed by atoms with Gasteiger partial charge in [0.25, 0.3) is 0 Å². The van der Waals surface area contributed by atoms with Crippen LogP contribution >= 0.6 is 11.5 Å². The van der Waals surface area contributed by atoms with Crippen LogP contribution in [0.3, 0.4) is 0 Å². The highest BCUT2D eigenvalue weighted by molar-refractivity contribution is 7.09. The third-order valence-corrected chi connectivity index (χ3v) is 4.56. The predicted octanol–water partition coefficient (Wildman–Crippen LogP) is 0.638. The summed E-state index contributed by atoms with van der Waals surface area (Å²) in [4.78, 5) is 9.31. The molecule has 0 bridgehead atoms. The largest absolute Gasteiger partial charge is 0.379 e. The molecule has 20 heavy (non-hydrogen) atoms. The molecule has 6 nitrogen and oxygen atoms in total. The number of hydrogen-bond acceptors (Lipinski definition) is 7. The number of hydrogen-bond donors (Lipinski definition) is 0. The molecule has 1 atom stereocenters. The Bertz CT molecular complexity index is 422. The lowest BCUT2D eigenvalue weighted by Gasteiger charge is -2.36. The fourth-order valence-corrected chi connectivity index (χ4v) is 3.38. The maximum absolute atomic E-state index is 5.90. The molecule has 0 aliphatic carbocycles. The maximum atomic E-state index is 5.90. The van der Waals surface area contributed by atoms with Crippen molar-refractivity contribution in [3.63, 3.8) is 0 Å². The van der Waals surface area contributed by atoms with Crippen LogP contribution in [0.1, 0.15) is 12.7 Å². The van der Waals surface area contributed by atoms with E-state index in [0.717, 1.165) is 69.9 Å². The van der Waals surface area contributed by atoms with Crippen LogP contribution < -0.4 is 4.90 Å². The molecule has 0 N–H and O–H groups in total. The van der Waals surface area contributed by atoms with Gasteiger partial charge in [0.2, 0.25) is 5.13 Å². The average Bonchev–Trinajstić information content (AvgIpc) is 2.98. The van der Waals surface area contributed by atoms with E-state index in [9.17, 15) is 0 Å². The fraction of sp³-hybridized carbons (Fsp3) is 0.846. The molecule has 1 aromatic rings. The van der Waals surface area contributed by atoms with E-state index in [0.29, 0.717) is 0 Å². The van der Waals surface area contributed by atoms with Gasteiger partial charge < -0.3 is 14.4 Å². The van der Waals surface area contributed by atoms with E-state index in [1.807, 2.05) is 0 Å². The second-order valence-electron chi connectivity index (χ2n) is 5.20. The predicted molar refractivity (Wildman–Crippen MR) is 78.5 cm³/mol. The second kappa shape index (κ2) is 6.80. The fourth-order valence-electron chi connectivity index (χ4n) is 2.59. The highest BCUT2D eigenvalue weighted by atomic mass is 32.1. The Labute approximate surface area is 123 Å². The molecule has 2 aliphatic heterocycles. The van der Waals surface area contributed by atoms with Crippen LogP contribution in [0.25, 0.3) is 0 Å². The molecule has 3 heterocycles. The first-order chi connectivity index (χ1) is 9.85. The summed E-state index contributed by atoms with van der Waals surface area (Å²) >= 11 is 1.50. The lowest BCUT2D eigenvalue weighted by atomic mass is 10.2. The van der Waals surface area contributed by atoms with E-state index >= 15 is 0 Å². The zero-order valence-electron chi connectivity index (χ0n) is 12.0. The Kier molecular flexibility index (Phi) is 4.82. The molecule has 0 saturated carbocycles. The van der Waals surface area contributed by atoms with Crippen LogP contribution in [-0.4, -0.2) is 72.9 Å². The minimum atomic E-state index is 0.260. The smallest absolute Gasteiger partial charge is 0.205 e. The van der Waals surface area contributed by atoms with Gasteiger partial charge in [-0.25, -0.2) is 4.98 Å². The number of rotatable bonds is 4. The summed E-state index contributed by atoms with van der Waals surface area (Å²) in [6, 6.07) is 0. The number of anilines is 1. The zero-order valence-corrected chi connectivity index (χ0v) is 12.8. The SMILES string of the molecule is CCc1nsc(N2CCO[C@@H](CN3CCOCC3)C2)n1. The van der Waals surface area contributed by atoms with Crippen LogP contribution in [0.15, 0.2) is 0 Å². The van der Waals surface area contributed by atoms with E-state index < -0.39 is 0 Å². The van der Waals surface area contributed by atoms with Gasteiger partial charge in [-0.1, -0.05) is 6.92 Å². The van der Waals surface area contributed by atoms with E-state index in [1.54, 1.807) is 0 Å². The molecule has 2 saturated heterocycles. The average molecular weight is 298 g/mol. The summed E-state index contributed by atoms with van der Waals surface area (Å²) < 4.78 is 15.7. The van der Waals surface area contributed by atoms with Crippen LogP contribution in [0.2, 0.25) is 0 Å². The van der Waals surface area contributed by atoms with Crippen molar-refractivity contribution in [2.75, 3.05) is 57.4 Å². The molecule has 2 aliphatic rings. The van der Waals surface area contributed by atoms with Crippen molar-refractivity contribution >= 4 is 16.7 Å². The van der Waals surface area contributed by atoms with Crippen molar-refractivity contribution in [1.29, 1.82) is 0 Å². The van der Waals surface area contributed by atoms with E-state index in [4.69, 9.17) is 9.47 Å². The lowest BCUT2D eigenvalue weighted by Crippen LogP contribution is -2.49. The minimum Gasteiger partial charge on any atom is -0.379 e. The Hall–Kier alpha value is -0.760. The lowest BCUT2D eigenvalue weighted by molar-refractivity contribution is -0.0171. The van der Waals surface area contributed by atoms with Crippen LogP contribution in [0.5, 0.6) is 0 Å². The summed E-state index contributed by atoms with van der Waals surface area (Å²) in [5.74, 6) is 0.946. The first kappa shape index (κ1) is 14.2. The van der Waals surface area contributed by atoms with Gasteiger partial charge in [-0.2, -0.15) is 4.37 Å². The molecule has 0 amide bonds. The van der Waals surface area contributed by atoms with Crippen molar-refractivity contribution in [2.45, 2.75) is 19.4 Å². The molecule has 0 unspecified atom stereocenters. The highest BCUT2D eigenvalue weighted by Gasteiger charge is 2.25.